The summed E-state index contributed by atoms with van der Waals surface area (Å²) in [6, 6.07) is 9.08. The number of rotatable bonds is 10. The zero-order chi connectivity index (χ0) is 13.1. The first-order chi connectivity index (χ1) is 8.86. The zero-order valence-corrected chi connectivity index (χ0v) is 12.6. The second-order valence-electron chi connectivity index (χ2n) is 4.82. The van der Waals surface area contributed by atoms with Crippen LogP contribution in [0, 0.1) is 0 Å². The molecular formula is C16H24Cl2. The van der Waals surface area contributed by atoms with Crippen LogP contribution in [0.1, 0.15) is 49.7 Å². The lowest BCUT2D eigenvalue weighted by atomic mass is 10.0. The van der Waals surface area contributed by atoms with Crippen LogP contribution in [-0.2, 0) is 12.8 Å². The molecule has 0 fully saturated rings. The van der Waals surface area contributed by atoms with Crippen molar-refractivity contribution >= 4 is 23.2 Å². The van der Waals surface area contributed by atoms with Crippen LogP contribution in [0.2, 0.25) is 0 Å². The minimum Gasteiger partial charge on any atom is -0.127 e. The quantitative estimate of drug-likeness (QED) is 0.388. The Morgan fingerprint density at radius 3 is 1.44 bits per heavy atom. The number of benzene rings is 1. The van der Waals surface area contributed by atoms with E-state index in [9.17, 15) is 0 Å². The number of hydrogen-bond donors (Lipinski definition) is 0. The highest BCUT2D eigenvalue weighted by Gasteiger charge is 1.96. The maximum Gasteiger partial charge on any atom is 0.0223 e. The molecule has 0 aliphatic heterocycles. The van der Waals surface area contributed by atoms with Crippen LogP contribution in [0.15, 0.2) is 24.3 Å². The third-order valence-electron chi connectivity index (χ3n) is 3.22. The van der Waals surface area contributed by atoms with Crippen molar-refractivity contribution in [2.24, 2.45) is 0 Å². The largest absolute Gasteiger partial charge is 0.127 e. The summed E-state index contributed by atoms with van der Waals surface area (Å²) >= 11 is 11.3. The van der Waals surface area contributed by atoms with E-state index >= 15 is 0 Å². The predicted molar refractivity (Wildman–Crippen MR) is 83.0 cm³/mol. The third kappa shape index (κ3) is 7.28. The minimum absolute atomic E-state index is 0.778. The van der Waals surface area contributed by atoms with Gasteiger partial charge in [-0.25, -0.2) is 0 Å². The first kappa shape index (κ1) is 15.9. The standard InChI is InChI=1S/C16H24Cl2/c17-13-5-2-1-3-7-15-9-11-16(12-10-15)8-4-6-14-18/h9-12H,1-8,13-14H2. The Labute approximate surface area is 122 Å². The molecule has 1 aromatic rings. The van der Waals surface area contributed by atoms with Gasteiger partial charge in [0.2, 0.25) is 0 Å². The Morgan fingerprint density at radius 1 is 0.556 bits per heavy atom. The Kier molecular flexibility index (Phi) is 9.42. The maximum absolute atomic E-state index is 5.68. The van der Waals surface area contributed by atoms with Crippen molar-refractivity contribution in [3.8, 4) is 0 Å². The van der Waals surface area contributed by atoms with E-state index in [-0.39, 0.29) is 0 Å². The average Bonchev–Trinajstić information content (AvgIpc) is 2.40. The van der Waals surface area contributed by atoms with Crippen molar-refractivity contribution in [2.45, 2.75) is 51.4 Å². The summed E-state index contributed by atoms with van der Waals surface area (Å²) in [4.78, 5) is 0. The molecule has 0 atom stereocenters. The molecule has 102 valence electrons. The molecule has 0 bridgehead atoms. The molecule has 0 nitrogen and oxygen atoms in total. The lowest BCUT2D eigenvalue weighted by Gasteiger charge is -2.04. The lowest BCUT2D eigenvalue weighted by molar-refractivity contribution is 0.669. The summed E-state index contributed by atoms with van der Waals surface area (Å²) in [6.07, 6.45) is 9.66. The molecule has 2 heteroatoms. The van der Waals surface area contributed by atoms with Crippen LogP contribution < -0.4 is 0 Å². The first-order valence-electron chi connectivity index (χ1n) is 7.06. The summed E-state index contributed by atoms with van der Waals surface area (Å²) in [7, 11) is 0. The van der Waals surface area contributed by atoms with Gasteiger partial charge in [0, 0.05) is 11.8 Å². The van der Waals surface area contributed by atoms with Crippen LogP contribution in [0.5, 0.6) is 0 Å². The first-order valence-corrected chi connectivity index (χ1v) is 8.13. The Bertz CT molecular complexity index is 292. The molecule has 0 aliphatic rings. The van der Waals surface area contributed by atoms with Crippen molar-refractivity contribution in [3.05, 3.63) is 35.4 Å². The van der Waals surface area contributed by atoms with Crippen LogP contribution in [-0.4, -0.2) is 11.8 Å². The van der Waals surface area contributed by atoms with Gasteiger partial charge in [-0.2, -0.15) is 0 Å². The summed E-state index contributed by atoms with van der Waals surface area (Å²) in [5, 5.41) is 0. The number of aryl methyl sites for hydroxylation is 2. The van der Waals surface area contributed by atoms with Gasteiger partial charge in [-0.15, -0.1) is 23.2 Å². The predicted octanol–water partition coefficient (Wildman–Crippen LogP) is 5.59. The highest BCUT2D eigenvalue weighted by molar-refractivity contribution is 6.18. The lowest BCUT2D eigenvalue weighted by Crippen LogP contribution is -1.90. The van der Waals surface area contributed by atoms with Gasteiger partial charge >= 0.3 is 0 Å². The van der Waals surface area contributed by atoms with E-state index in [1.165, 1.54) is 43.2 Å². The van der Waals surface area contributed by atoms with Gasteiger partial charge in [0.05, 0.1) is 0 Å². The minimum atomic E-state index is 0.778. The molecule has 0 saturated heterocycles. The smallest absolute Gasteiger partial charge is 0.0223 e. The topological polar surface area (TPSA) is 0 Å². The van der Waals surface area contributed by atoms with Crippen LogP contribution in [0.3, 0.4) is 0 Å². The SMILES string of the molecule is ClCCCCCCc1ccc(CCCCCl)cc1. The molecule has 0 aliphatic carbocycles. The highest BCUT2D eigenvalue weighted by Crippen LogP contribution is 2.12. The molecule has 1 aromatic carbocycles. The Balaban J connectivity index is 2.19. The van der Waals surface area contributed by atoms with Gasteiger partial charge in [0.15, 0.2) is 0 Å². The molecule has 0 heterocycles. The Hall–Kier alpha value is -0.200. The summed E-state index contributed by atoms with van der Waals surface area (Å²) in [5.74, 6) is 1.58. The molecule has 0 unspecified atom stereocenters. The fraction of sp³-hybridized carbons (Fsp3) is 0.625. The molecule has 0 saturated carbocycles. The monoisotopic (exact) mass is 286 g/mol. The molecule has 0 radical (unpaired) electrons. The summed E-state index contributed by atoms with van der Waals surface area (Å²) < 4.78 is 0. The van der Waals surface area contributed by atoms with E-state index in [0.29, 0.717) is 0 Å². The molecule has 0 N–H and O–H groups in total. The van der Waals surface area contributed by atoms with E-state index in [4.69, 9.17) is 23.2 Å². The molecule has 1 rings (SSSR count). The van der Waals surface area contributed by atoms with Gasteiger partial charge in [-0.1, -0.05) is 37.1 Å². The molecule has 0 amide bonds. The van der Waals surface area contributed by atoms with E-state index in [1.54, 1.807) is 0 Å². The zero-order valence-electron chi connectivity index (χ0n) is 11.1. The fourth-order valence-electron chi connectivity index (χ4n) is 2.07. The van der Waals surface area contributed by atoms with Crippen LogP contribution >= 0.6 is 23.2 Å². The van der Waals surface area contributed by atoms with Crippen molar-refractivity contribution in [2.75, 3.05) is 11.8 Å². The van der Waals surface area contributed by atoms with Gasteiger partial charge in [-0.05, 0) is 49.7 Å². The van der Waals surface area contributed by atoms with Gasteiger partial charge in [0.25, 0.3) is 0 Å². The van der Waals surface area contributed by atoms with Crippen molar-refractivity contribution in [1.82, 2.24) is 0 Å². The third-order valence-corrected chi connectivity index (χ3v) is 3.76. The van der Waals surface area contributed by atoms with E-state index < -0.39 is 0 Å². The second kappa shape index (κ2) is 10.7. The van der Waals surface area contributed by atoms with Gasteiger partial charge < -0.3 is 0 Å². The average molecular weight is 287 g/mol. The maximum atomic E-state index is 5.68. The molecular weight excluding hydrogens is 263 g/mol. The van der Waals surface area contributed by atoms with E-state index in [1.807, 2.05) is 0 Å². The summed E-state index contributed by atoms with van der Waals surface area (Å²) in [5.41, 5.74) is 2.90. The fourth-order valence-corrected chi connectivity index (χ4v) is 2.45. The molecule has 0 spiro atoms. The van der Waals surface area contributed by atoms with Crippen molar-refractivity contribution in [1.29, 1.82) is 0 Å². The number of unbranched alkanes of at least 4 members (excludes halogenated alkanes) is 4. The second-order valence-corrected chi connectivity index (χ2v) is 5.57. The highest BCUT2D eigenvalue weighted by atomic mass is 35.5. The number of hydrogen-bond acceptors (Lipinski definition) is 0. The number of alkyl halides is 2. The van der Waals surface area contributed by atoms with Gasteiger partial charge in [0.1, 0.15) is 0 Å². The van der Waals surface area contributed by atoms with Crippen LogP contribution in [0.4, 0.5) is 0 Å². The Morgan fingerprint density at radius 2 is 0.944 bits per heavy atom. The van der Waals surface area contributed by atoms with Gasteiger partial charge in [-0.3, -0.25) is 0 Å². The van der Waals surface area contributed by atoms with E-state index in [2.05, 4.69) is 24.3 Å². The van der Waals surface area contributed by atoms with Crippen LogP contribution in [0.25, 0.3) is 0 Å². The number of halogens is 2. The normalized spacial score (nSPS) is 10.8. The summed E-state index contributed by atoms with van der Waals surface area (Å²) in [6.45, 7) is 0. The molecule has 0 aromatic heterocycles. The molecule has 18 heavy (non-hydrogen) atoms. The van der Waals surface area contributed by atoms with Crippen molar-refractivity contribution < 1.29 is 0 Å². The van der Waals surface area contributed by atoms with Crippen molar-refractivity contribution in [3.63, 3.8) is 0 Å². The van der Waals surface area contributed by atoms with E-state index in [0.717, 1.165) is 31.0 Å².